The fourth-order valence-electron chi connectivity index (χ4n) is 6.47. The summed E-state index contributed by atoms with van der Waals surface area (Å²) in [4.78, 5) is 50.8. The van der Waals surface area contributed by atoms with Crippen molar-refractivity contribution >= 4 is 23.9 Å². The van der Waals surface area contributed by atoms with E-state index in [1.165, 1.54) is 0 Å². The molecule has 2 heterocycles. The van der Waals surface area contributed by atoms with Crippen LogP contribution < -0.4 is 0 Å². The van der Waals surface area contributed by atoms with Crippen LogP contribution in [0.1, 0.15) is 53.4 Å². The average molecular weight is 382 g/mol. The van der Waals surface area contributed by atoms with Gasteiger partial charge >= 0.3 is 23.9 Å². The Bertz CT molecular complexity index is 936. The molecule has 2 aliphatic heterocycles. The van der Waals surface area contributed by atoms with Crippen LogP contribution in [0, 0.1) is 21.7 Å². The molecular formula is C22H22O6. The summed E-state index contributed by atoms with van der Waals surface area (Å²) in [5.41, 5.74) is -0.908. The minimum absolute atomic E-state index is 0.386. The number of carbonyl (C=O) groups is 4. The van der Waals surface area contributed by atoms with Gasteiger partial charge in [-0.1, -0.05) is 39.8 Å². The molecule has 1 saturated carbocycles. The SMILES string of the molecule is CCC12CC(CC)(C(=O)OC1=O)C1=CC3(C)CC(C)(C=C12)C1=C3C(=O)OC1=O. The van der Waals surface area contributed by atoms with E-state index in [0.29, 0.717) is 36.8 Å². The number of rotatable bonds is 2. The summed E-state index contributed by atoms with van der Waals surface area (Å²) in [6, 6.07) is 0. The van der Waals surface area contributed by atoms with E-state index in [1.807, 2.05) is 39.8 Å². The van der Waals surface area contributed by atoms with Crippen molar-refractivity contribution in [2.45, 2.75) is 53.4 Å². The zero-order chi connectivity index (χ0) is 20.3. The second kappa shape index (κ2) is 4.73. The number of hydrogen-bond donors (Lipinski definition) is 0. The Balaban J connectivity index is 1.87. The smallest absolute Gasteiger partial charge is 0.343 e. The van der Waals surface area contributed by atoms with Crippen LogP contribution in [0.25, 0.3) is 0 Å². The summed E-state index contributed by atoms with van der Waals surface area (Å²) in [6.45, 7) is 7.67. The largest absolute Gasteiger partial charge is 0.392 e. The molecule has 0 spiro atoms. The molecule has 0 aromatic carbocycles. The molecule has 3 aliphatic carbocycles. The first-order valence-corrected chi connectivity index (χ1v) is 9.82. The third-order valence-corrected chi connectivity index (χ3v) is 7.74. The molecule has 0 N–H and O–H groups in total. The molecule has 5 aliphatic rings. The van der Waals surface area contributed by atoms with Crippen LogP contribution in [-0.2, 0) is 28.7 Å². The van der Waals surface area contributed by atoms with Crippen LogP contribution in [0.5, 0.6) is 0 Å². The molecule has 0 amide bonds. The van der Waals surface area contributed by atoms with Gasteiger partial charge in [0.2, 0.25) is 0 Å². The lowest BCUT2D eigenvalue weighted by molar-refractivity contribution is -0.178. The van der Waals surface area contributed by atoms with Crippen molar-refractivity contribution in [1.29, 1.82) is 0 Å². The lowest BCUT2D eigenvalue weighted by Gasteiger charge is -2.36. The zero-order valence-corrected chi connectivity index (χ0v) is 16.4. The lowest BCUT2D eigenvalue weighted by atomic mass is 9.70. The van der Waals surface area contributed by atoms with Gasteiger partial charge in [-0.15, -0.1) is 0 Å². The molecule has 4 atom stereocenters. The van der Waals surface area contributed by atoms with E-state index in [2.05, 4.69) is 0 Å². The predicted molar refractivity (Wildman–Crippen MR) is 96.3 cm³/mol. The van der Waals surface area contributed by atoms with Gasteiger partial charge in [0, 0.05) is 10.8 Å². The second-order valence-electron chi connectivity index (χ2n) is 9.28. The Morgan fingerprint density at radius 1 is 0.750 bits per heavy atom. The van der Waals surface area contributed by atoms with E-state index in [-0.39, 0.29) is 0 Å². The highest BCUT2D eigenvalue weighted by Gasteiger charge is 2.69. The van der Waals surface area contributed by atoms with E-state index in [0.717, 1.165) is 11.1 Å². The quantitative estimate of drug-likeness (QED) is 0.539. The number of esters is 4. The number of cyclic esters (lactones) is 4. The van der Waals surface area contributed by atoms with E-state index < -0.39 is 45.5 Å². The van der Waals surface area contributed by atoms with Gasteiger partial charge in [0.15, 0.2) is 0 Å². The Morgan fingerprint density at radius 3 is 1.57 bits per heavy atom. The maximum Gasteiger partial charge on any atom is 0.343 e. The van der Waals surface area contributed by atoms with Crippen LogP contribution in [0.4, 0.5) is 0 Å². The Hall–Kier alpha value is -2.50. The standard InChI is InChI=1S/C22H22O6/c1-5-21-10-22(6-2,18(26)28-17(21)25)12-8-20(4)9-19(3,7-11(12)21)13-14(20)16(24)27-15(13)23/h7-8H,5-6,9-10H2,1-4H3. The number of carbonyl (C=O) groups excluding carboxylic acids is 4. The molecule has 6 nitrogen and oxygen atoms in total. The topological polar surface area (TPSA) is 86.7 Å². The maximum absolute atomic E-state index is 12.9. The van der Waals surface area contributed by atoms with Gasteiger partial charge in [0.1, 0.15) is 0 Å². The van der Waals surface area contributed by atoms with Crippen molar-refractivity contribution in [2.24, 2.45) is 21.7 Å². The van der Waals surface area contributed by atoms with Gasteiger partial charge in [-0.2, -0.15) is 0 Å². The van der Waals surface area contributed by atoms with Crippen LogP contribution >= 0.6 is 0 Å². The van der Waals surface area contributed by atoms with Crippen molar-refractivity contribution in [1.82, 2.24) is 0 Å². The van der Waals surface area contributed by atoms with Crippen LogP contribution in [-0.4, -0.2) is 23.9 Å². The normalized spacial score (nSPS) is 43.3. The summed E-state index contributed by atoms with van der Waals surface area (Å²) >= 11 is 0. The predicted octanol–water partition coefficient (Wildman–Crippen LogP) is 2.93. The van der Waals surface area contributed by atoms with Gasteiger partial charge in [-0.25, -0.2) is 9.59 Å². The van der Waals surface area contributed by atoms with Crippen molar-refractivity contribution < 1.29 is 28.7 Å². The molecule has 0 aromatic heterocycles. The molecule has 4 unspecified atom stereocenters. The summed E-state index contributed by atoms with van der Waals surface area (Å²) in [6.07, 6.45) is 5.83. The van der Waals surface area contributed by atoms with Gasteiger partial charge in [-0.05, 0) is 36.8 Å². The average Bonchev–Trinajstić information content (AvgIpc) is 3.11. The van der Waals surface area contributed by atoms with E-state index in [1.54, 1.807) is 0 Å². The van der Waals surface area contributed by atoms with Crippen molar-refractivity contribution in [2.75, 3.05) is 0 Å². The number of hydrogen-bond acceptors (Lipinski definition) is 6. The molecule has 0 aromatic rings. The monoisotopic (exact) mass is 382 g/mol. The van der Waals surface area contributed by atoms with Crippen LogP contribution in [0.15, 0.2) is 34.4 Å². The summed E-state index contributed by atoms with van der Waals surface area (Å²) in [5, 5.41) is 0. The van der Waals surface area contributed by atoms with Crippen LogP contribution in [0.3, 0.4) is 0 Å². The molecule has 0 radical (unpaired) electrons. The van der Waals surface area contributed by atoms with E-state index >= 15 is 0 Å². The van der Waals surface area contributed by atoms with Gasteiger partial charge in [0.25, 0.3) is 0 Å². The third-order valence-electron chi connectivity index (χ3n) is 7.74. The lowest BCUT2D eigenvalue weighted by Crippen LogP contribution is -2.44. The molecule has 1 saturated heterocycles. The summed E-state index contributed by atoms with van der Waals surface area (Å²) in [5.74, 6) is -2.22. The first kappa shape index (κ1) is 17.6. The van der Waals surface area contributed by atoms with Crippen molar-refractivity contribution in [3.05, 3.63) is 34.4 Å². The Morgan fingerprint density at radius 2 is 1.18 bits per heavy atom. The Labute approximate surface area is 162 Å². The first-order chi connectivity index (χ1) is 13.1. The van der Waals surface area contributed by atoms with Crippen LogP contribution in [0.2, 0.25) is 0 Å². The Kier molecular flexibility index (Phi) is 2.97. The van der Waals surface area contributed by atoms with Gasteiger partial charge in [-0.3, -0.25) is 9.59 Å². The molecule has 2 fully saturated rings. The van der Waals surface area contributed by atoms with Crippen molar-refractivity contribution in [3.8, 4) is 0 Å². The highest BCUT2D eigenvalue weighted by atomic mass is 16.6. The highest BCUT2D eigenvalue weighted by molar-refractivity contribution is 6.15. The minimum Gasteiger partial charge on any atom is -0.392 e. The molecule has 146 valence electrons. The summed E-state index contributed by atoms with van der Waals surface area (Å²) in [7, 11) is 0. The molecule has 6 heteroatoms. The van der Waals surface area contributed by atoms with E-state index in [9.17, 15) is 19.2 Å². The zero-order valence-electron chi connectivity index (χ0n) is 16.4. The third kappa shape index (κ3) is 1.63. The molecule has 28 heavy (non-hydrogen) atoms. The summed E-state index contributed by atoms with van der Waals surface area (Å²) < 4.78 is 10.2. The second-order valence-corrected chi connectivity index (χ2v) is 9.28. The molecular weight excluding hydrogens is 360 g/mol. The first-order valence-electron chi connectivity index (χ1n) is 9.82. The number of allylic oxidation sites excluding steroid dienone is 2. The fraction of sp³-hybridized carbons (Fsp3) is 0.545. The molecule has 4 bridgehead atoms. The minimum atomic E-state index is -0.896. The highest BCUT2D eigenvalue weighted by Crippen LogP contribution is 2.69. The maximum atomic E-state index is 12.9. The van der Waals surface area contributed by atoms with E-state index in [4.69, 9.17) is 9.47 Å². The molecule has 5 rings (SSSR count). The number of ether oxygens (including phenoxy) is 2. The van der Waals surface area contributed by atoms with Gasteiger partial charge < -0.3 is 9.47 Å². The van der Waals surface area contributed by atoms with Crippen molar-refractivity contribution in [3.63, 3.8) is 0 Å². The fourth-order valence-corrected chi connectivity index (χ4v) is 6.47. The van der Waals surface area contributed by atoms with Gasteiger partial charge in [0.05, 0.1) is 22.0 Å². The number of fused-ring (bicyclic) bond motifs is 9.